The fraction of sp³-hybridized carbons (Fsp3) is 0.650. The SMILES string of the molecule is CC(C)N(C(=O)CN1CCc2ccccc2CC1)C1CCCC1. The third kappa shape index (κ3) is 3.95. The van der Waals surface area contributed by atoms with Crippen LogP contribution in [0.1, 0.15) is 50.7 Å². The van der Waals surface area contributed by atoms with E-state index in [1.165, 1.54) is 36.8 Å². The molecular formula is C20H30N2O. The molecule has 2 aliphatic rings. The standard InChI is InChI=1S/C20H30N2O/c1-16(2)22(19-9-5-6-10-19)20(23)15-21-13-11-17-7-3-4-8-18(17)12-14-21/h3-4,7-8,16,19H,5-6,9-15H2,1-2H3. The van der Waals surface area contributed by atoms with Crippen LogP contribution >= 0.6 is 0 Å². The lowest BCUT2D eigenvalue weighted by atomic mass is 10.0. The second kappa shape index (κ2) is 7.48. The molecule has 1 saturated carbocycles. The van der Waals surface area contributed by atoms with Crippen molar-refractivity contribution in [3.8, 4) is 0 Å². The molecule has 0 N–H and O–H groups in total. The summed E-state index contributed by atoms with van der Waals surface area (Å²) in [5.74, 6) is 0.331. The molecule has 3 heteroatoms. The molecule has 1 amide bonds. The number of rotatable bonds is 4. The molecule has 0 bridgehead atoms. The van der Waals surface area contributed by atoms with E-state index in [2.05, 4.69) is 47.9 Å². The van der Waals surface area contributed by atoms with Gasteiger partial charge in [0.1, 0.15) is 0 Å². The summed E-state index contributed by atoms with van der Waals surface area (Å²) in [5, 5.41) is 0. The lowest BCUT2D eigenvalue weighted by Gasteiger charge is -2.34. The van der Waals surface area contributed by atoms with Gasteiger partial charge in [-0.15, -0.1) is 0 Å². The topological polar surface area (TPSA) is 23.6 Å². The molecule has 3 nitrogen and oxygen atoms in total. The Morgan fingerprint density at radius 3 is 2.22 bits per heavy atom. The van der Waals surface area contributed by atoms with Gasteiger partial charge in [0.15, 0.2) is 0 Å². The Hall–Kier alpha value is -1.35. The fourth-order valence-electron chi connectivity index (χ4n) is 4.24. The zero-order chi connectivity index (χ0) is 16.2. The van der Waals surface area contributed by atoms with Gasteiger partial charge in [0.25, 0.3) is 0 Å². The Labute approximate surface area is 140 Å². The lowest BCUT2D eigenvalue weighted by molar-refractivity contribution is -0.136. The maximum atomic E-state index is 12.9. The summed E-state index contributed by atoms with van der Waals surface area (Å²) in [6.45, 7) is 6.91. The Bertz CT molecular complexity index is 507. The van der Waals surface area contributed by atoms with Crippen LogP contribution in [0.25, 0.3) is 0 Å². The number of amides is 1. The summed E-state index contributed by atoms with van der Waals surface area (Å²) < 4.78 is 0. The van der Waals surface area contributed by atoms with Crippen molar-refractivity contribution in [3.05, 3.63) is 35.4 Å². The average molecular weight is 314 g/mol. The monoisotopic (exact) mass is 314 g/mol. The smallest absolute Gasteiger partial charge is 0.237 e. The third-order valence-electron chi connectivity index (χ3n) is 5.43. The molecule has 1 aliphatic heterocycles. The minimum atomic E-state index is 0.315. The first-order valence-electron chi connectivity index (χ1n) is 9.25. The van der Waals surface area contributed by atoms with Gasteiger partial charge in [-0.1, -0.05) is 37.1 Å². The molecule has 126 valence electrons. The average Bonchev–Trinajstić information content (AvgIpc) is 2.96. The summed E-state index contributed by atoms with van der Waals surface area (Å²) >= 11 is 0. The van der Waals surface area contributed by atoms with E-state index < -0.39 is 0 Å². The van der Waals surface area contributed by atoms with Crippen LogP contribution in [-0.2, 0) is 17.6 Å². The van der Waals surface area contributed by atoms with E-state index in [4.69, 9.17) is 0 Å². The van der Waals surface area contributed by atoms with Crippen LogP contribution in [0, 0.1) is 0 Å². The second-order valence-corrected chi connectivity index (χ2v) is 7.38. The molecule has 0 spiro atoms. The highest BCUT2D eigenvalue weighted by Crippen LogP contribution is 2.25. The molecule has 1 aliphatic carbocycles. The van der Waals surface area contributed by atoms with Gasteiger partial charge in [-0.3, -0.25) is 9.69 Å². The van der Waals surface area contributed by atoms with E-state index in [9.17, 15) is 4.79 Å². The van der Waals surface area contributed by atoms with Gasteiger partial charge >= 0.3 is 0 Å². The number of fused-ring (bicyclic) bond motifs is 1. The molecule has 0 unspecified atom stereocenters. The predicted molar refractivity (Wildman–Crippen MR) is 94.5 cm³/mol. The first-order chi connectivity index (χ1) is 11.1. The van der Waals surface area contributed by atoms with Crippen molar-refractivity contribution in [2.24, 2.45) is 0 Å². The molecule has 1 aromatic carbocycles. The minimum absolute atomic E-state index is 0.315. The van der Waals surface area contributed by atoms with Crippen LogP contribution in [0.5, 0.6) is 0 Å². The molecule has 1 heterocycles. The number of benzene rings is 1. The van der Waals surface area contributed by atoms with Crippen molar-refractivity contribution in [2.75, 3.05) is 19.6 Å². The quantitative estimate of drug-likeness (QED) is 0.851. The van der Waals surface area contributed by atoms with Gasteiger partial charge in [0.05, 0.1) is 6.54 Å². The van der Waals surface area contributed by atoms with Gasteiger partial charge in [-0.2, -0.15) is 0 Å². The van der Waals surface area contributed by atoms with Crippen LogP contribution in [0.3, 0.4) is 0 Å². The first-order valence-corrected chi connectivity index (χ1v) is 9.25. The van der Waals surface area contributed by atoms with E-state index in [0.29, 0.717) is 24.5 Å². The van der Waals surface area contributed by atoms with Crippen molar-refractivity contribution >= 4 is 5.91 Å². The first kappa shape index (κ1) is 16.5. The summed E-state index contributed by atoms with van der Waals surface area (Å²) in [6.07, 6.45) is 7.06. The van der Waals surface area contributed by atoms with Gasteiger partial charge in [0, 0.05) is 25.2 Å². The zero-order valence-electron chi connectivity index (χ0n) is 14.6. The molecule has 23 heavy (non-hydrogen) atoms. The van der Waals surface area contributed by atoms with Crippen molar-refractivity contribution in [1.29, 1.82) is 0 Å². The van der Waals surface area contributed by atoms with Gasteiger partial charge in [0.2, 0.25) is 5.91 Å². The van der Waals surface area contributed by atoms with Gasteiger partial charge in [-0.05, 0) is 50.7 Å². The highest BCUT2D eigenvalue weighted by Gasteiger charge is 2.29. The lowest BCUT2D eigenvalue weighted by Crippen LogP contribution is -2.48. The highest BCUT2D eigenvalue weighted by atomic mass is 16.2. The second-order valence-electron chi connectivity index (χ2n) is 7.38. The van der Waals surface area contributed by atoms with Crippen LogP contribution in [0.4, 0.5) is 0 Å². The molecule has 1 fully saturated rings. The van der Waals surface area contributed by atoms with Crippen LogP contribution in [0.2, 0.25) is 0 Å². The van der Waals surface area contributed by atoms with Crippen molar-refractivity contribution in [3.63, 3.8) is 0 Å². The highest BCUT2D eigenvalue weighted by molar-refractivity contribution is 5.79. The van der Waals surface area contributed by atoms with Gasteiger partial charge in [-0.25, -0.2) is 0 Å². The van der Waals surface area contributed by atoms with Gasteiger partial charge < -0.3 is 4.90 Å². The minimum Gasteiger partial charge on any atom is -0.336 e. The Morgan fingerprint density at radius 1 is 1.13 bits per heavy atom. The Kier molecular flexibility index (Phi) is 5.37. The van der Waals surface area contributed by atoms with Crippen molar-refractivity contribution in [2.45, 2.75) is 64.5 Å². The van der Waals surface area contributed by atoms with Crippen LogP contribution in [-0.4, -0.2) is 47.4 Å². The molecule has 0 radical (unpaired) electrons. The van der Waals surface area contributed by atoms with E-state index in [1.54, 1.807) is 0 Å². The number of carbonyl (C=O) groups excluding carboxylic acids is 1. The molecule has 1 aromatic rings. The third-order valence-corrected chi connectivity index (χ3v) is 5.43. The molecule has 0 saturated heterocycles. The summed E-state index contributed by atoms with van der Waals surface area (Å²) in [7, 11) is 0. The maximum Gasteiger partial charge on any atom is 0.237 e. The predicted octanol–water partition coefficient (Wildman–Crippen LogP) is 3.27. The summed E-state index contributed by atoms with van der Waals surface area (Å²) in [4.78, 5) is 17.4. The Balaban J connectivity index is 1.61. The molecule has 3 rings (SSSR count). The van der Waals surface area contributed by atoms with Crippen molar-refractivity contribution in [1.82, 2.24) is 9.80 Å². The number of carbonyl (C=O) groups is 1. The number of hydrogen-bond donors (Lipinski definition) is 0. The fourth-order valence-corrected chi connectivity index (χ4v) is 4.24. The van der Waals surface area contributed by atoms with Crippen LogP contribution in [0.15, 0.2) is 24.3 Å². The molecular weight excluding hydrogens is 284 g/mol. The summed E-state index contributed by atoms with van der Waals surface area (Å²) in [5.41, 5.74) is 2.91. The Morgan fingerprint density at radius 2 is 1.70 bits per heavy atom. The largest absolute Gasteiger partial charge is 0.336 e. The number of nitrogens with zero attached hydrogens (tertiary/aromatic N) is 2. The maximum absolute atomic E-state index is 12.9. The normalized spacial score (nSPS) is 19.6. The molecule has 0 atom stereocenters. The number of hydrogen-bond acceptors (Lipinski definition) is 2. The van der Waals surface area contributed by atoms with E-state index >= 15 is 0 Å². The van der Waals surface area contributed by atoms with Crippen molar-refractivity contribution < 1.29 is 4.79 Å². The zero-order valence-corrected chi connectivity index (χ0v) is 14.6. The summed E-state index contributed by atoms with van der Waals surface area (Å²) in [6, 6.07) is 9.51. The van der Waals surface area contributed by atoms with E-state index in [-0.39, 0.29) is 0 Å². The van der Waals surface area contributed by atoms with E-state index in [0.717, 1.165) is 25.9 Å². The van der Waals surface area contributed by atoms with Crippen LogP contribution < -0.4 is 0 Å². The molecule has 0 aromatic heterocycles. The van der Waals surface area contributed by atoms with E-state index in [1.807, 2.05) is 0 Å².